The maximum absolute atomic E-state index is 4.43. The lowest BCUT2D eigenvalue weighted by molar-refractivity contribution is 0.557. The van der Waals surface area contributed by atoms with E-state index in [1.807, 2.05) is 6.20 Å². The van der Waals surface area contributed by atoms with Gasteiger partial charge in [0.05, 0.1) is 0 Å². The van der Waals surface area contributed by atoms with Gasteiger partial charge in [-0.2, -0.15) is 0 Å². The first kappa shape index (κ1) is 14.0. The molecule has 1 atom stereocenters. The molecule has 0 radical (unpaired) electrons. The molecule has 0 aliphatic carbocycles. The molecule has 3 heteroatoms. The van der Waals surface area contributed by atoms with Gasteiger partial charge in [-0.25, -0.2) is 4.98 Å². The molecule has 1 unspecified atom stereocenters. The fourth-order valence-electron chi connectivity index (χ4n) is 1.74. The fourth-order valence-corrected chi connectivity index (χ4v) is 1.74. The molecule has 1 aromatic rings. The third-order valence-corrected chi connectivity index (χ3v) is 3.06. The first-order chi connectivity index (χ1) is 8.17. The van der Waals surface area contributed by atoms with Crippen LogP contribution in [0.5, 0.6) is 0 Å². The molecule has 0 fully saturated rings. The molecule has 1 rings (SSSR count). The third-order valence-electron chi connectivity index (χ3n) is 3.06. The van der Waals surface area contributed by atoms with E-state index < -0.39 is 0 Å². The molecular formula is C14H25N3. The van der Waals surface area contributed by atoms with E-state index in [4.69, 9.17) is 0 Å². The predicted octanol–water partition coefficient (Wildman–Crippen LogP) is 2.67. The van der Waals surface area contributed by atoms with Gasteiger partial charge in [-0.05, 0) is 30.2 Å². The van der Waals surface area contributed by atoms with E-state index in [2.05, 4.69) is 55.2 Å². The maximum Gasteiger partial charge on any atom is 0.128 e. The van der Waals surface area contributed by atoms with Crippen LogP contribution in [0, 0.1) is 5.92 Å². The van der Waals surface area contributed by atoms with Crippen molar-refractivity contribution in [3.63, 3.8) is 0 Å². The van der Waals surface area contributed by atoms with E-state index in [9.17, 15) is 0 Å². The van der Waals surface area contributed by atoms with Crippen LogP contribution in [-0.2, 0) is 6.54 Å². The molecule has 0 aliphatic heterocycles. The average molecular weight is 235 g/mol. The van der Waals surface area contributed by atoms with Crippen LogP contribution in [0.4, 0.5) is 5.82 Å². The zero-order valence-electron chi connectivity index (χ0n) is 11.5. The van der Waals surface area contributed by atoms with Gasteiger partial charge in [-0.15, -0.1) is 0 Å². The number of rotatable bonds is 7. The number of nitrogens with zero attached hydrogens (tertiary/aromatic N) is 2. The third kappa shape index (κ3) is 4.73. The van der Waals surface area contributed by atoms with Gasteiger partial charge in [-0.1, -0.05) is 27.2 Å². The normalized spacial score (nSPS) is 12.5. The molecular weight excluding hydrogens is 210 g/mol. The lowest BCUT2D eigenvalue weighted by Crippen LogP contribution is -2.24. The largest absolute Gasteiger partial charge is 0.359 e. The number of pyridine rings is 1. The SMILES string of the molecule is CCNCc1ccnc(N(C)CC(C)CC)c1. The van der Waals surface area contributed by atoms with Crippen molar-refractivity contribution in [1.82, 2.24) is 10.3 Å². The van der Waals surface area contributed by atoms with E-state index in [1.54, 1.807) is 0 Å². The first-order valence-electron chi connectivity index (χ1n) is 6.54. The monoisotopic (exact) mass is 235 g/mol. The Morgan fingerprint density at radius 1 is 1.41 bits per heavy atom. The molecule has 1 N–H and O–H groups in total. The molecule has 0 aliphatic rings. The van der Waals surface area contributed by atoms with E-state index in [1.165, 1.54) is 12.0 Å². The first-order valence-corrected chi connectivity index (χ1v) is 6.54. The second kappa shape index (κ2) is 7.28. The van der Waals surface area contributed by atoms with Crippen LogP contribution in [0.25, 0.3) is 0 Å². The van der Waals surface area contributed by atoms with Gasteiger partial charge >= 0.3 is 0 Å². The molecule has 0 amide bonds. The van der Waals surface area contributed by atoms with Crippen molar-refractivity contribution in [2.45, 2.75) is 33.7 Å². The fraction of sp³-hybridized carbons (Fsp3) is 0.643. The highest BCUT2D eigenvalue weighted by Crippen LogP contribution is 2.13. The van der Waals surface area contributed by atoms with Gasteiger partial charge in [0, 0.05) is 26.3 Å². The number of anilines is 1. The Morgan fingerprint density at radius 3 is 2.82 bits per heavy atom. The smallest absolute Gasteiger partial charge is 0.128 e. The highest BCUT2D eigenvalue weighted by atomic mass is 15.2. The molecule has 0 aromatic carbocycles. The Bertz CT molecular complexity index is 325. The van der Waals surface area contributed by atoms with Crippen LogP contribution >= 0.6 is 0 Å². The highest BCUT2D eigenvalue weighted by Gasteiger charge is 2.07. The summed E-state index contributed by atoms with van der Waals surface area (Å²) in [5.41, 5.74) is 1.30. The van der Waals surface area contributed by atoms with Crippen LogP contribution in [0.3, 0.4) is 0 Å². The summed E-state index contributed by atoms with van der Waals surface area (Å²) in [6.07, 6.45) is 3.11. The number of hydrogen-bond acceptors (Lipinski definition) is 3. The second-order valence-electron chi connectivity index (χ2n) is 4.70. The molecule has 3 nitrogen and oxygen atoms in total. The minimum Gasteiger partial charge on any atom is -0.359 e. The summed E-state index contributed by atoms with van der Waals surface area (Å²) in [4.78, 5) is 6.67. The molecule has 96 valence electrons. The van der Waals surface area contributed by atoms with Crippen molar-refractivity contribution in [1.29, 1.82) is 0 Å². The topological polar surface area (TPSA) is 28.2 Å². The summed E-state index contributed by atoms with van der Waals surface area (Å²) >= 11 is 0. The van der Waals surface area contributed by atoms with E-state index in [0.717, 1.165) is 25.5 Å². The zero-order valence-corrected chi connectivity index (χ0v) is 11.5. The van der Waals surface area contributed by atoms with Crippen molar-refractivity contribution in [3.05, 3.63) is 23.9 Å². The van der Waals surface area contributed by atoms with Gasteiger partial charge in [0.1, 0.15) is 5.82 Å². The van der Waals surface area contributed by atoms with Crippen LogP contribution in [-0.4, -0.2) is 25.1 Å². The molecule has 0 saturated carbocycles. The van der Waals surface area contributed by atoms with Crippen LogP contribution in [0.2, 0.25) is 0 Å². The summed E-state index contributed by atoms with van der Waals surface area (Å²) in [7, 11) is 2.12. The summed E-state index contributed by atoms with van der Waals surface area (Å²) in [6, 6.07) is 4.24. The maximum atomic E-state index is 4.43. The van der Waals surface area contributed by atoms with E-state index in [0.29, 0.717) is 5.92 Å². The average Bonchev–Trinajstić information content (AvgIpc) is 2.36. The quantitative estimate of drug-likeness (QED) is 0.787. The predicted molar refractivity (Wildman–Crippen MR) is 74.3 cm³/mol. The van der Waals surface area contributed by atoms with E-state index in [-0.39, 0.29) is 0 Å². The molecule has 0 saturated heterocycles. The molecule has 17 heavy (non-hydrogen) atoms. The Hall–Kier alpha value is -1.09. The number of hydrogen-bond donors (Lipinski definition) is 1. The molecule has 0 bridgehead atoms. The van der Waals surface area contributed by atoms with Crippen molar-refractivity contribution >= 4 is 5.82 Å². The van der Waals surface area contributed by atoms with E-state index >= 15 is 0 Å². The standard InChI is InChI=1S/C14H25N3/c1-5-12(3)11-17(4)14-9-13(7-8-16-14)10-15-6-2/h7-9,12,15H,5-6,10-11H2,1-4H3. The summed E-state index contributed by atoms with van der Waals surface area (Å²) < 4.78 is 0. The zero-order chi connectivity index (χ0) is 12.7. The Morgan fingerprint density at radius 2 is 2.18 bits per heavy atom. The van der Waals surface area contributed by atoms with Crippen LogP contribution in [0.15, 0.2) is 18.3 Å². The highest BCUT2D eigenvalue weighted by molar-refractivity contribution is 5.40. The van der Waals surface area contributed by atoms with Gasteiger partial charge in [0.2, 0.25) is 0 Å². The summed E-state index contributed by atoms with van der Waals surface area (Å²) in [5.74, 6) is 1.78. The minimum atomic E-state index is 0.708. The minimum absolute atomic E-state index is 0.708. The lowest BCUT2D eigenvalue weighted by atomic mass is 10.1. The van der Waals surface area contributed by atoms with Crippen LogP contribution < -0.4 is 10.2 Å². The van der Waals surface area contributed by atoms with Gasteiger partial charge in [0.25, 0.3) is 0 Å². The number of aromatic nitrogens is 1. The summed E-state index contributed by atoms with van der Waals surface area (Å²) in [6.45, 7) is 9.61. The summed E-state index contributed by atoms with van der Waals surface area (Å²) in [5, 5.41) is 3.34. The van der Waals surface area contributed by atoms with Crippen LogP contribution in [0.1, 0.15) is 32.8 Å². The molecule has 1 heterocycles. The van der Waals surface area contributed by atoms with Gasteiger partial charge in [-0.3, -0.25) is 0 Å². The number of nitrogens with one attached hydrogen (secondary N) is 1. The van der Waals surface area contributed by atoms with Gasteiger partial charge in [0.15, 0.2) is 0 Å². The Balaban J connectivity index is 2.63. The lowest BCUT2D eigenvalue weighted by Gasteiger charge is -2.22. The Kier molecular flexibility index (Phi) is 5.98. The van der Waals surface area contributed by atoms with Crippen molar-refractivity contribution in [2.24, 2.45) is 5.92 Å². The van der Waals surface area contributed by atoms with Crippen molar-refractivity contribution < 1.29 is 0 Å². The van der Waals surface area contributed by atoms with Crippen molar-refractivity contribution in [3.8, 4) is 0 Å². The van der Waals surface area contributed by atoms with Crippen molar-refractivity contribution in [2.75, 3.05) is 25.0 Å². The van der Waals surface area contributed by atoms with Gasteiger partial charge < -0.3 is 10.2 Å². The second-order valence-corrected chi connectivity index (χ2v) is 4.70. The molecule has 1 aromatic heterocycles. The Labute approximate surface area is 105 Å². The molecule has 0 spiro atoms.